The number of benzene rings is 1. The van der Waals surface area contributed by atoms with Gasteiger partial charge in [-0.25, -0.2) is 9.37 Å². The summed E-state index contributed by atoms with van der Waals surface area (Å²) in [5.41, 5.74) is -0.725. The molecule has 3 aliphatic heterocycles. The van der Waals surface area contributed by atoms with E-state index in [4.69, 9.17) is 16.3 Å². The zero-order chi connectivity index (χ0) is 27.4. The summed E-state index contributed by atoms with van der Waals surface area (Å²) in [6.45, 7) is 8.60. The van der Waals surface area contributed by atoms with E-state index in [2.05, 4.69) is 17.6 Å². The van der Waals surface area contributed by atoms with Gasteiger partial charge in [0, 0.05) is 31.7 Å². The fraction of sp³-hybridized carbons (Fsp3) is 0.407. The number of fused-ring (bicyclic) bond motifs is 2. The lowest BCUT2D eigenvalue weighted by Crippen LogP contribution is -2.57. The van der Waals surface area contributed by atoms with Crippen LogP contribution >= 0.6 is 11.6 Å². The fourth-order valence-corrected chi connectivity index (χ4v) is 5.87. The molecule has 2 saturated heterocycles. The van der Waals surface area contributed by atoms with Crippen LogP contribution in [0.3, 0.4) is 0 Å². The van der Waals surface area contributed by atoms with Gasteiger partial charge in [-0.2, -0.15) is 5.26 Å². The number of carbonyl (C=O) groups excluding carboxylic acids is 2. The number of rotatable bonds is 3. The normalized spacial score (nSPS) is 22.2. The Hall–Kier alpha value is -3.84. The minimum absolute atomic E-state index is 0.0338. The van der Waals surface area contributed by atoms with Crippen molar-refractivity contribution in [3.05, 3.63) is 47.3 Å². The van der Waals surface area contributed by atoms with E-state index in [-0.39, 0.29) is 76.6 Å². The van der Waals surface area contributed by atoms with Gasteiger partial charge in [0.2, 0.25) is 5.91 Å². The van der Waals surface area contributed by atoms with Crippen LogP contribution in [0.25, 0.3) is 11.3 Å². The van der Waals surface area contributed by atoms with Gasteiger partial charge in [-0.1, -0.05) is 24.2 Å². The van der Waals surface area contributed by atoms with Gasteiger partial charge < -0.3 is 24.5 Å². The van der Waals surface area contributed by atoms with Crippen LogP contribution in [-0.4, -0.2) is 76.1 Å². The van der Waals surface area contributed by atoms with Crippen molar-refractivity contribution in [3.63, 3.8) is 0 Å². The van der Waals surface area contributed by atoms with Crippen LogP contribution in [0.5, 0.6) is 11.5 Å². The van der Waals surface area contributed by atoms with Gasteiger partial charge in [0.1, 0.15) is 40.3 Å². The second kappa shape index (κ2) is 9.48. The Labute approximate surface area is 224 Å². The number of aromatic nitrogens is 1. The molecule has 198 valence electrons. The van der Waals surface area contributed by atoms with E-state index < -0.39 is 17.4 Å². The van der Waals surface area contributed by atoms with Crippen molar-refractivity contribution in [2.75, 3.05) is 37.7 Å². The number of phenolic OH excluding ortho intramolecular Hbond substituents is 1. The van der Waals surface area contributed by atoms with Crippen molar-refractivity contribution in [1.82, 2.24) is 14.8 Å². The van der Waals surface area contributed by atoms with Crippen molar-refractivity contribution < 1.29 is 23.8 Å². The zero-order valence-corrected chi connectivity index (χ0v) is 21.8. The van der Waals surface area contributed by atoms with Gasteiger partial charge in [-0.05, 0) is 38.5 Å². The van der Waals surface area contributed by atoms with Crippen LogP contribution in [0.15, 0.2) is 30.9 Å². The molecule has 1 unspecified atom stereocenters. The molecule has 1 aromatic carbocycles. The number of amides is 2. The second-order valence-electron chi connectivity index (χ2n) is 10.3. The average Bonchev–Trinajstić information content (AvgIpc) is 3.12. The molecule has 0 aliphatic carbocycles. The third kappa shape index (κ3) is 4.11. The molecule has 0 saturated carbocycles. The van der Waals surface area contributed by atoms with Gasteiger partial charge in [-0.15, -0.1) is 0 Å². The lowest BCUT2D eigenvalue weighted by atomic mass is 9.97. The summed E-state index contributed by atoms with van der Waals surface area (Å²) in [6.07, 6.45) is 1.76. The fourth-order valence-electron chi connectivity index (χ4n) is 5.59. The predicted molar refractivity (Wildman–Crippen MR) is 139 cm³/mol. The van der Waals surface area contributed by atoms with E-state index in [0.29, 0.717) is 19.5 Å². The SMILES string of the molecule is C=CC(=O)N1CCN2C(=O)c3c(N4CC(C#N)CC4(C)C)nc(-c4c(O)cccc4F)c(Cl)c3OC[C@H]2C1. The van der Waals surface area contributed by atoms with Crippen LogP contribution < -0.4 is 9.64 Å². The van der Waals surface area contributed by atoms with Crippen molar-refractivity contribution in [1.29, 1.82) is 5.26 Å². The minimum atomic E-state index is -0.739. The molecular weight excluding hydrogens is 513 g/mol. The topological polar surface area (TPSA) is 110 Å². The Bertz CT molecular complexity index is 1370. The number of halogens is 2. The summed E-state index contributed by atoms with van der Waals surface area (Å²) in [5.74, 6) is -1.79. The first kappa shape index (κ1) is 25.8. The summed E-state index contributed by atoms with van der Waals surface area (Å²) < 4.78 is 21.2. The summed E-state index contributed by atoms with van der Waals surface area (Å²) in [4.78, 5) is 36.1. The highest BCUT2D eigenvalue weighted by molar-refractivity contribution is 6.35. The van der Waals surface area contributed by atoms with Gasteiger partial charge in [0.25, 0.3) is 5.91 Å². The van der Waals surface area contributed by atoms with Gasteiger partial charge >= 0.3 is 0 Å². The standard InChI is InChI=1S/C27H27ClFN5O4/c1-4-19(36)32-8-9-33-16(13-32)14-38-24-21(26(33)37)25(34-12-15(11-30)10-27(34,2)3)31-23(22(24)28)20-17(29)6-5-7-18(20)35/h4-7,15-16,35H,1,8-10,12-14H2,2-3H3/t15?,16-/m1/s1. The Morgan fingerprint density at radius 1 is 1.34 bits per heavy atom. The number of nitriles is 1. The zero-order valence-electron chi connectivity index (χ0n) is 21.1. The van der Waals surface area contributed by atoms with E-state index >= 15 is 0 Å². The number of nitrogens with zero attached hydrogens (tertiary/aromatic N) is 5. The molecule has 1 aromatic heterocycles. The van der Waals surface area contributed by atoms with Crippen molar-refractivity contribution in [2.24, 2.45) is 5.92 Å². The molecule has 0 bridgehead atoms. The number of hydrogen-bond acceptors (Lipinski definition) is 7. The average molecular weight is 540 g/mol. The van der Waals surface area contributed by atoms with Crippen LogP contribution in [0.1, 0.15) is 30.6 Å². The third-order valence-corrected chi connectivity index (χ3v) is 7.84. The highest BCUT2D eigenvalue weighted by Crippen LogP contribution is 2.48. The maximum Gasteiger partial charge on any atom is 0.261 e. The smallest absolute Gasteiger partial charge is 0.261 e. The van der Waals surface area contributed by atoms with Gasteiger partial charge in [0.15, 0.2) is 5.75 Å². The molecule has 0 spiro atoms. The molecule has 11 heteroatoms. The van der Waals surface area contributed by atoms with E-state index in [9.17, 15) is 24.3 Å². The maximum atomic E-state index is 15.0. The monoisotopic (exact) mass is 539 g/mol. The van der Waals surface area contributed by atoms with E-state index in [1.165, 1.54) is 24.3 Å². The number of phenols is 1. The Balaban J connectivity index is 1.70. The summed E-state index contributed by atoms with van der Waals surface area (Å²) in [7, 11) is 0. The number of piperazine rings is 1. The minimum Gasteiger partial charge on any atom is -0.507 e. The molecule has 1 N–H and O–H groups in total. The molecule has 0 radical (unpaired) electrons. The molecule has 2 aromatic rings. The summed E-state index contributed by atoms with van der Waals surface area (Å²) in [5, 5.41) is 20.1. The quantitative estimate of drug-likeness (QED) is 0.593. The highest BCUT2D eigenvalue weighted by atomic mass is 35.5. The molecule has 4 heterocycles. The molecule has 3 aliphatic rings. The van der Waals surface area contributed by atoms with Crippen molar-refractivity contribution >= 4 is 29.2 Å². The van der Waals surface area contributed by atoms with Crippen LogP contribution in [0, 0.1) is 23.1 Å². The van der Waals surface area contributed by atoms with Crippen molar-refractivity contribution in [3.8, 4) is 28.8 Å². The number of anilines is 1. The number of ether oxygens (including phenoxy) is 1. The first-order valence-corrected chi connectivity index (χ1v) is 12.7. The largest absolute Gasteiger partial charge is 0.507 e. The van der Waals surface area contributed by atoms with Crippen LogP contribution in [-0.2, 0) is 4.79 Å². The first-order valence-electron chi connectivity index (χ1n) is 12.3. The molecule has 2 atom stereocenters. The first-order chi connectivity index (χ1) is 18.1. The maximum absolute atomic E-state index is 15.0. The summed E-state index contributed by atoms with van der Waals surface area (Å²) in [6, 6.07) is 5.71. The predicted octanol–water partition coefficient (Wildman–Crippen LogP) is 3.61. The molecule has 2 amide bonds. The third-order valence-electron chi connectivity index (χ3n) is 7.49. The Kier molecular flexibility index (Phi) is 6.43. The molecule has 9 nitrogen and oxygen atoms in total. The van der Waals surface area contributed by atoms with Crippen molar-refractivity contribution in [2.45, 2.75) is 31.8 Å². The molecular formula is C27H27ClFN5O4. The van der Waals surface area contributed by atoms with Gasteiger partial charge in [0.05, 0.1) is 23.6 Å². The van der Waals surface area contributed by atoms with Crippen LogP contribution in [0.4, 0.5) is 10.2 Å². The van der Waals surface area contributed by atoms with E-state index in [1.54, 1.807) is 9.80 Å². The number of pyridine rings is 1. The Morgan fingerprint density at radius 2 is 2.11 bits per heavy atom. The number of hydrogen-bond donors (Lipinski definition) is 1. The summed E-state index contributed by atoms with van der Waals surface area (Å²) >= 11 is 6.76. The van der Waals surface area contributed by atoms with Crippen LogP contribution in [0.2, 0.25) is 5.02 Å². The van der Waals surface area contributed by atoms with E-state index in [0.717, 1.165) is 0 Å². The molecule has 5 rings (SSSR count). The molecule has 38 heavy (non-hydrogen) atoms. The highest BCUT2D eigenvalue weighted by Gasteiger charge is 2.45. The Morgan fingerprint density at radius 3 is 2.76 bits per heavy atom. The number of carbonyl (C=O) groups is 2. The number of aromatic hydroxyl groups is 1. The van der Waals surface area contributed by atoms with E-state index in [1.807, 2.05) is 18.7 Å². The lowest BCUT2D eigenvalue weighted by molar-refractivity contribution is -0.128. The second-order valence-corrected chi connectivity index (χ2v) is 10.7. The lowest BCUT2D eigenvalue weighted by Gasteiger charge is -2.40. The molecule has 2 fully saturated rings. The van der Waals surface area contributed by atoms with Gasteiger partial charge in [-0.3, -0.25) is 9.59 Å².